The summed E-state index contributed by atoms with van der Waals surface area (Å²) in [6.07, 6.45) is 1.78. The molecule has 0 radical (unpaired) electrons. The lowest BCUT2D eigenvalue weighted by atomic mass is 10.1. The van der Waals surface area contributed by atoms with Crippen LogP contribution in [0.2, 0.25) is 5.02 Å². The molecule has 25 heavy (non-hydrogen) atoms. The van der Waals surface area contributed by atoms with E-state index in [-0.39, 0.29) is 17.7 Å². The average molecular weight is 395 g/mol. The second kappa shape index (κ2) is 8.41. The summed E-state index contributed by atoms with van der Waals surface area (Å²) in [6, 6.07) is 1.39. The standard InChI is InChI=1S/C15H20ClFN2O5S/c16-12-8-13(17)14(7-11(12)15(21)22)25(23,24)18-4-2-6-19-5-1-3-10(20)9-19/h7-8,10,18,20H,1-6,9H2,(H,21,22). The van der Waals surface area contributed by atoms with Crippen molar-refractivity contribution >= 4 is 27.6 Å². The topological polar surface area (TPSA) is 107 Å². The Morgan fingerprint density at radius 3 is 2.80 bits per heavy atom. The van der Waals surface area contributed by atoms with E-state index in [4.69, 9.17) is 16.7 Å². The molecule has 1 atom stereocenters. The molecule has 1 fully saturated rings. The first-order valence-electron chi connectivity index (χ1n) is 7.83. The second-order valence-corrected chi connectivity index (χ2v) is 8.06. The van der Waals surface area contributed by atoms with Gasteiger partial charge in [-0.2, -0.15) is 0 Å². The maximum absolute atomic E-state index is 13.9. The van der Waals surface area contributed by atoms with Gasteiger partial charge in [0.05, 0.1) is 16.7 Å². The van der Waals surface area contributed by atoms with E-state index < -0.39 is 32.3 Å². The highest BCUT2D eigenvalue weighted by molar-refractivity contribution is 7.89. The van der Waals surface area contributed by atoms with E-state index in [2.05, 4.69) is 4.72 Å². The maximum Gasteiger partial charge on any atom is 0.337 e. The number of carboxylic acid groups (broad SMARTS) is 1. The van der Waals surface area contributed by atoms with Crippen LogP contribution in [-0.2, 0) is 10.0 Å². The van der Waals surface area contributed by atoms with Gasteiger partial charge in [-0.15, -0.1) is 0 Å². The van der Waals surface area contributed by atoms with Crippen molar-refractivity contribution in [3.05, 3.63) is 28.5 Å². The zero-order valence-corrected chi connectivity index (χ0v) is 15.0. The van der Waals surface area contributed by atoms with Crippen molar-refractivity contribution in [2.75, 3.05) is 26.2 Å². The van der Waals surface area contributed by atoms with E-state index >= 15 is 0 Å². The number of hydrogen-bond acceptors (Lipinski definition) is 5. The molecule has 2 rings (SSSR count). The molecule has 140 valence electrons. The number of carbonyl (C=O) groups is 1. The molecule has 0 aliphatic carbocycles. The van der Waals surface area contributed by atoms with E-state index in [1.807, 2.05) is 4.90 Å². The van der Waals surface area contributed by atoms with Crippen LogP contribution in [0, 0.1) is 5.82 Å². The van der Waals surface area contributed by atoms with E-state index in [1.165, 1.54) is 0 Å². The fourth-order valence-corrected chi connectivity index (χ4v) is 4.11. The van der Waals surface area contributed by atoms with Gasteiger partial charge in [0.25, 0.3) is 0 Å². The number of rotatable bonds is 7. The zero-order valence-electron chi connectivity index (χ0n) is 13.4. The van der Waals surface area contributed by atoms with E-state index in [1.54, 1.807) is 0 Å². The minimum atomic E-state index is -4.19. The van der Waals surface area contributed by atoms with Gasteiger partial charge in [-0.25, -0.2) is 22.3 Å². The number of sulfonamides is 1. The van der Waals surface area contributed by atoms with Gasteiger partial charge < -0.3 is 15.1 Å². The Bertz CT molecular complexity index is 744. The highest BCUT2D eigenvalue weighted by atomic mass is 35.5. The molecule has 1 aliphatic heterocycles. The molecule has 1 saturated heterocycles. The largest absolute Gasteiger partial charge is 0.478 e. The summed E-state index contributed by atoms with van der Waals surface area (Å²) < 4.78 is 40.6. The third-order valence-corrected chi connectivity index (χ3v) is 5.75. The molecular formula is C15H20ClFN2O5S. The SMILES string of the molecule is O=C(O)c1cc(S(=O)(=O)NCCCN2CCCC(O)C2)c(F)cc1Cl. The minimum Gasteiger partial charge on any atom is -0.478 e. The molecule has 3 N–H and O–H groups in total. The third-order valence-electron chi connectivity index (χ3n) is 3.97. The molecule has 1 aliphatic rings. The Labute approximate surface area is 150 Å². The number of β-amino-alcohol motifs (C(OH)–C–C–N with tert-alkyl or cyclic N) is 1. The zero-order chi connectivity index (χ0) is 18.6. The molecule has 10 heteroatoms. The second-order valence-electron chi connectivity index (χ2n) is 5.92. The van der Waals surface area contributed by atoms with Crippen molar-refractivity contribution in [2.45, 2.75) is 30.3 Å². The molecule has 0 spiro atoms. The smallest absolute Gasteiger partial charge is 0.337 e. The Hall–Kier alpha value is -1.26. The van der Waals surface area contributed by atoms with Crippen LogP contribution in [0.1, 0.15) is 29.6 Å². The molecule has 1 heterocycles. The molecule has 1 unspecified atom stereocenters. The number of aliphatic hydroxyl groups excluding tert-OH is 1. The van der Waals surface area contributed by atoms with Crippen molar-refractivity contribution in [1.29, 1.82) is 0 Å². The van der Waals surface area contributed by atoms with Gasteiger partial charge in [0.2, 0.25) is 10.0 Å². The summed E-state index contributed by atoms with van der Waals surface area (Å²) >= 11 is 5.61. The molecule has 1 aromatic carbocycles. The monoisotopic (exact) mass is 394 g/mol. The predicted octanol–water partition coefficient (Wildman–Crippen LogP) is 1.30. The molecular weight excluding hydrogens is 375 g/mol. The predicted molar refractivity (Wildman–Crippen MR) is 89.9 cm³/mol. The van der Waals surface area contributed by atoms with Gasteiger partial charge in [0.15, 0.2) is 0 Å². The van der Waals surface area contributed by atoms with Crippen LogP contribution < -0.4 is 4.72 Å². The summed E-state index contributed by atoms with van der Waals surface area (Å²) in [6.45, 7) is 2.07. The lowest BCUT2D eigenvalue weighted by molar-refractivity contribution is 0.0694. The summed E-state index contributed by atoms with van der Waals surface area (Å²) in [4.78, 5) is 12.3. The van der Waals surface area contributed by atoms with Gasteiger partial charge in [0, 0.05) is 13.1 Å². The number of piperidine rings is 1. The fraction of sp³-hybridized carbons (Fsp3) is 0.533. The van der Waals surface area contributed by atoms with Gasteiger partial charge in [-0.05, 0) is 44.5 Å². The quantitative estimate of drug-likeness (QED) is 0.602. The first-order chi connectivity index (χ1) is 11.7. The van der Waals surface area contributed by atoms with Crippen LogP contribution in [0.25, 0.3) is 0 Å². The number of hydrogen-bond donors (Lipinski definition) is 3. The van der Waals surface area contributed by atoms with Crippen molar-refractivity contribution < 1.29 is 27.8 Å². The summed E-state index contributed by atoms with van der Waals surface area (Å²) in [7, 11) is -4.19. The summed E-state index contributed by atoms with van der Waals surface area (Å²) in [5, 5.41) is 18.2. The average Bonchev–Trinajstić information content (AvgIpc) is 2.51. The van der Waals surface area contributed by atoms with Gasteiger partial charge in [0.1, 0.15) is 10.7 Å². The molecule has 1 aromatic rings. The van der Waals surface area contributed by atoms with Crippen LogP contribution in [0.4, 0.5) is 4.39 Å². The summed E-state index contributed by atoms with van der Waals surface area (Å²) in [5.41, 5.74) is -0.481. The fourth-order valence-electron chi connectivity index (χ4n) is 2.72. The van der Waals surface area contributed by atoms with Crippen LogP contribution in [0.3, 0.4) is 0 Å². The first kappa shape index (κ1) is 20.1. The van der Waals surface area contributed by atoms with Crippen molar-refractivity contribution in [1.82, 2.24) is 9.62 Å². The van der Waals surface area contributed by atoms with Crippen molar-refractivity contribution in [3.8, 4) is 0 Å². The van der Waals surface area contributed by atoms with Crippen LogP contribution in [0.15, 0.2) is 17.0 Å². The number of nitrogens with one attached hydrogen (secondary N) is 1. The highest BCUT2D eigenvalue weighted by Crippen LogP contribution is 2.24. The minimum absolute atomic E-state index is 0.0688. The molecule has 0 amide bonds. The van der Waals surface area contributed by atoms with E-state index in [0.717, 1.165) is 19.4 Å². The first-order valence-corrected chi connectivity index (χ1v) is 9.69. The van der Waals surface area contributed by atoms with Gasteiger partial charge in [-0.3, -0.25) is 0 Å². The van der Waals surface area contributed by atoms with E-state index in [0.29, 0.717) is 31.6 Å². The number of likely N-dealkylation sites (tertiary alicyclic amines) is 1. The number of aromatic carboxylic acids is 1. The summed E-state index contributed by atoms with van der Waals surface area (Å²) in [5.74, 6) is -2.55. The van der Waals surface area contributed by atoms with E-state index in [9.17, 15) is 22.7 Å². The number of carboxylic acids is 1. The molecule has 7 nitrogen and oxygen atoms in total. The van der Waals surface area contributed by atoms with Crippen molar-refractivity contribution in [2.24, 2.45) is 0 Å². The van der Waals surface area contributed by atoms with Crippen LogP contribution in [0.5, 0.6) is 0 Å². The lowest BCUT2D eigenvalue weighted by Gasteiger charge is -2.29. The number of nitrogens with zero attached hydrogens (tertiary/aromatic N) is 1. The van der Waals surface area contributed by atoms with Gasteiger partial charge in [-0.1, -0.05) is 11.6 Å². The normalized spacial score (nSPS) is 19.1. The third kappa shape index (κ3) is 5.35. The Morgan fingerprint density at radius 1 is 1.44 bits per heavy atom. The van der Waals surface area contributed by atoms with Crippen LogP contribution >= 0.6 is 11.6 Å². The number of benzene rings is 1. The Kier molecular flexibility index (Phi) is 6.75. The maximum atomic E-state index is 13.9. The number of aliphatic hydroxyl groups is 1. The lowest BCUT2D eigenvalue weighted by Crippen LogP contribution is -2.39. The Balaban J connectivity index is 1.97. The molecule has 0 aromatic heterocycles. The molecule has 0 bridgehead atoms. The van der Waals surface area contributed by atoms with Crippen molar-refractivity contribution in [3.63, 3.8) is 0 Å². The Morgan fingerprint density at radius 2 is 2.16 bits per heavy atom. The highest BCUT2D eigenvalue weighted by Gasteiger charge is 2.23. The van der Waals surface area contributed by atoms with Gasteiger partial charge >= 0.3 is 5.97 Å². The van der Waals surface area contributed by atoms with Crippen LogP contribution in [-0.4, -0.2) is 61.8 Å². The number of halogens is 2. The molecule has 0 saturated carbocycles.